The molecule has 13 nitrogen and oxygen atoms in total. The molecule has 0 unspecified atom stereocenters. The van der Waals surface area contributed by atoms with Crippen molar-refractivity contribution < 1.29 is 38.9 Å². The predicted molar refractivity (Wildman–Crippen MR) is 229 cm³/mol. The molecule has 3 amide bonds. The molecule has 2 aliphatic heterocycles. The van der Waals surface area contributed by atoms with Gasteiger partial charge in [-0.25, -0.2) is 0 Å². The van der Waals surface area contributed by atoms with Gasteiger partial charge in [-0.1, -0.05) is 69.3 Å². The normalized spacial score (nSPS) is 27.0. The second-order valence-corrected chi connectivity index (χ2v) is 18.0. The highest BCUT2D eigenvalue weighted by Gasteiger charge is 2.57. The van der Waals surface area contributed by atoms with Crippen LogP contribution in [0, 0.1) is 29.1 Å². The first-order valence-electron chi connectivity index (χ1n) is 21.4. The average molecular weight is 826 g/mol. The molecule has 0 spiro atoms. The number of carbonyl (C=O) groups is 3. The number of fused-ring (bicyclic) bond motifs is 2. The summed E-state index contributed by atoms with van der Waals surface area (Å²) in [6, 6.07) is 19.3. The van der Waals surface area contributed by atoms with E-state index in [0.717, 1.165) is 17.7 Å². The number of rotatable bonds is 14. The number of amides is 3. The summed E-state index contributed by atoms with van der Waals surface area (Å²) < 4.78 is 11.6. The Morgan fingerprint density at radius 2 is 1.75 bits per heavy atom. The molecule has 3 aliphatic carbocycles. The molecule has 60 heavy (non-hydrogen) atoms. The van der Waals surface area contributed by atoms with Crippen LogP contribution < -0.4 is 20.3 Å². The van der Waals surface area contributed by atoms with Gasteiger partial charge in [0.2, 0.25) is 11.8 Å². The first-order valence-corrected chi connectivity index (χ1v) is 21.4. The number of morpholine rings is 1. The summed E-state index contributed by atoms with van der Waals surface area (Å²) in [6.45, 7) is 10.1. The van der Waals surface area contributed by atoms with Crippen LogP contribution in [-0.4, -0.2) is 122 Å². The van der Waals surface area contributed by atoms with Gasteiger partial charge in [0.15, 0.2) is 0 Å². The Balaban J connectivity index is 1.17. The van der Waals surface area contributed by atoms with Crippen molar-refractivity contribution in [1.82, 2.24) is 20.6 Å². The molecular weight excluding hydrogens is 763 g/mol. The minimum Gasteiger partial charge on any atom is -0.496 e. The Morgan fingerprint density at radius 3 is 2.38 bits per heavy atom. The van der Waals surface area contributed by atoms with Gasteiger partial charge < -0.3 is 40.1 Å². The summed E-state index contributed by atoms with van der Waals surface area (Å²) in [5.41, 5.74) is 4.48. The smallest absolute Gasteiger partial charge is 0.252 e. The fourth-order valence-electron chi connectivity index (χ4n) is 10.3. The Hall–Kier alpha value is -4.53. The summed E-state index contributed by atoms with van der Waals surface area (Å²) in [4.78, 5) is 52.4. The molecule has 324 valence electrons. The fraction of sp³-hybridized carbons (Fsp3) is 0.553. The maximum atomic E-state index is 14.3. The second-order valence-electron chi connectivity index (χ2n) is 18.0. The van der Waals surface area contributed by atoms with Crippen LogP contribution in [0.5, 0.6) is 5.75 Å². The average Bonchev–Trinajstić information content (AvgIpc) is 3.62. The van der Waals surface area contributed by atoms with Gasteiger partial charge in [0.1, 0.15) is 23.9 Å². The number of carbonyl (C=O) groups excluding carboxylic acids is 3. The third kappa shape index (κ3) is 8.78. The van der Waals surface area contributed by atoms with Gasteiger partial charge in [0, 0.05) is 67.9 Å². The van der Waals surface area contributed by atoms with E-state index in [2.05, 4.69) is 31.4 Å². The van der Waals surface area contributed by atoms with E-state index >= 15 is 0 Å². The van der Waals surface area contributed by atoms with Gasteiger partial charge in [-0.2, -0.15) is 5.06 Å². The minimum absolute atomic E-state index is 0.0123. The van der Waals surface area contributed by atoms with Crippen molar-refractivity contribution in [2.24, 2.45) is 29.1 Å². The number of aliphatic hydroxyl groups excluding tert-OH is 2. The zero-order valence-electron chi connectivity index (χ0n) is 36.1. The number of hydrogen-bond acceptors (Lipinski definition) is 10. The summed E-state index contributed by atoms with van der Waals surface area (Å²) >= 11 is 0. The summed E-state index contributed by atoms with van der Waals surface area (Å²) in [6.07, 6.45) is 0.715. The first-order chi connectivity index (χ1) is 28.7. The van der Waals surface area contributed by atoms with E-state index in [1.807, 2.05) is 73.6 Å². The maximum Gasteiger partial charge on any atom is 0.252 e. The summed E-state index contributed by atoms with van der Waals surface area (Å²) in [5, 5.41) is 29.4. The molecular formula is C47H63N5O8. The topological polar surface area (TPSA) is 153 Å². The van der Waals surface area contributed by atoms with Crippen LogP contribution >= 0.6 is 0 Å². The number of aliphatic hydroxyl groups is 2. The van der Waals surface area contributed by atoms with Crippen LogP contribution in [0.15, 0.2) is 66.7 Å². The second kappa shape index (κ2) is 18.2. The van der Waals surface area contributed by atoms with Crippen LogP contribution in [0.25, 0.3) is 11.1 Å². The predicted octanol–water partition coefficient (Wildman–Crippen LogP) is 4.29. The van der Waals surface area contributed by atoms with E-state index in [-0.39, 0.29) is 42.3 Å². The fourth-order valence-corrected chi connectivity index (χ4v) is 10.3. The number of nitrogens with one attached hydrogen (secondary N) is 2. The van der Waals surface area contributed by atoms with Crippen molar-refractivity contribution in [3.8, 4) is 16.9 Å². The van der Waals surface area contributed by atoms with Crippen LogP contribution in [0.4, 0.5) is 5.69 Å². The highest BCUT2D eigenvalue weighted by Crippen LogP contribution is 2.61. The summed E-state index contributed by atoms with van der Waals surface area (Å²) in [7, 11) is 5.38. The van der Waals surface area contributed by atoms with Crippen molar-refractivity contribution in [1.29, 1.82) is 0 Å². The molecule has 13 heteroatoms. The van der Waals surface area contributed by atoms with Crippen LogP contribution in [0.2, 0.25) is 0 Å². The monoisotopic (exact) mass is 825 g/mol. The van der Waals surface area contributed by atoms with Gasteiger partial charge in [-0.3, -0.25) is 19.2 Å². The molecule has 3 aromatic carbocycles. The molecule has 3 saturated carbocycles. The van der Waals surface area contributed by atoms with Crippen molar-refractivity contribution in [2.45, 2.75) is 83.8 Å². The zero-order valence-corrected chi connectivity index (χ0v) is 36.1. The molecule has 2 bridgehead atoms. The molecule has 0 aromatic heterocycles. The third-order valence-corrected chi connectivity index (χ3v) is 13.9. The molecule has 2 heterocycles. The molecule has 5 aliphatic rings. The summed E-state index contributed by atoms with van der Waals surface area (Å²) in [5.74, 6) is 0.483. The number of benzene rings is 3. The number of anilines is 1. The number of para-hydroxylation sites is 1. The van der Waals surface area contributed by atoms with Crippen LogP contribution in [0.1, 0.15) is 62.0 Å². The standard InChI is InChI=1S/C47H63N5O8/c1-28-37-24-34(47(37,3)4)25-38(28)48-45(56)42-41(29(2)54)40(27-53)60-52(42)26-31-14-11-15-36(43(31)58-7)32-21-33(23-35(22-32)50(5)6)44(55)49-39(20-30-12-9-8-10-13-30)46(57)51-16-18-59-19-17-51/h8-15,21-23,28-29,34,37-42,53-54H,16-20,24-27H2,1-7H3,(H,48,56)(H,49,55)/t28-,29-,34+,37-,38-,39+,40-,41-,42-/m0/s1. The van der Waals surface area contributed by atoms with Crippen molar-refractivity contribution in [3.63, 3.8) is 0 Å². The van der Waals surface area contributed by atoms with Gasteiger partial charge in [0.25, 0.3) is 5.91 Å². The molecule has 2 saturated heterocycles. The Bertz CT molecular complexity index is 2000. The van der Waals surface area contributed by atoms with E-state index in [9.17, 15) is 24.6 Å². The Kier molecular flexibility index (Phi) is 13.2. The van der Waals surface area contributed by atoms with Crippen molar-refractivity contribution in [3.05, 3.63) is 83.4 Å². The zero-order chi connectivity index (χ0) is 42.9. The van der Waals surface area contributed by atoms with E-state index in [1.54, 1.807) is 36.1 Å². The Labute approximate surface area is 354 Å². The quantitative estimate of drug-likeness (QED) is 0.185. The number of ether oxygens (including phenoxy) is 2. The van der Waals surface area contributed by atoms with Crippen LogP contribution in [-0.2, 0) is 32.1 Å². The van der Waals surface area contributed by atoms with E-state index < -0.39 is 30.2 Å². The van der Waals surface area contributed by atoms with E-state index in [1.165, 1.54) is 6.42 Å². The number of hydroxylamine groups is 2. The largest absolute Gasteiger partial charge is 0.496 e. The minimum atomic E-state index is -0.929. The number of methoxy groups -OCH3 is 1. The Morgan fingerprint density at radius 1 is 1.02 bits per heavy atom. The molecule has 0 radical (unpaired) electrons. The van der Waals surface area contributed by atoms with E-state index in [4.69, 9.17) is 14.3 Å². The van der Waals surface area contributed by atoms with Crippen molar-refractivity contribution in [2.75, 3.05) is 59.0 Å². The van der Waals surface area contributed by atoms with Crippen molar-refractivity contribution >= 4 is 23.4 Å². The van der Waals surface area contributed by atoms with Gasteiger partial charge in [-0.15, -0.1) is 0 Å². The molecule has 8 rings (SSSR count). The van der Waals surface area contributed by atoms with Gasteiger partial charge in [0.05, 0.1) is 39.6 Å². The van der Waals surface area contributed by atoms with Crippen LogP contribution in [0.3, 0.4) is 0 Å². The SMILES string of the molecule is COc1c(CN2O[C@@H](CO)[C@H]([C@H](C)O)[C@H]2C(=O)N[C@H]2C[C@H]3C[C@@H]([C@@H]2C)C3(C)C)cccc1-c1cc(C(=O)N[C@H](Cc2ccccc2)C(=O)N2CCOCC2)cc(N(C)C)c1. The first kappa shape index (κ1) is 43.6. The lowest BCUT2D eigenvalue weighted by atomic mass is 9.45. The van der Waals surface area contributed by atoms with E-state index in [0.29, 0.717) is 78.5 Å². The lowest BCUT2D eigenvalue weighted by Gasteiger charge is -2.62. The molecule has 4 N–H and O–H groups in total. The van der Waals surface area contributed by atoms with Gasteiger partial charge >= 0.3 is 0 Å². The maximum absolute atomic E-state index is 14.3. The molecule has 5 fully saturated rings. The third-order valence-electron chi connectivity index (χ3n) is 13.9. The lowest BCUT2D eigenvalue weighted by Crippen LogP contribution is -2.62. The number of hydrogen-bond donors (Lipinski definition) is 4. The molecule has 9 atom stereocenters. The van der Waals surface area contributed by atoms with Gasteiger partial charge in [-0.05, 0) is 72.3 Å². The highest BCUT2D eigenvalue weighted by atomic mass is 16.7. The number of nitrogens with zero attached hydrogens (tertiary/aromatic N) is 3. The lowest BCUT2D eigenvalue weighted by molar-refractivity contribution is -0.183. The molecule has 3 aromatic rings. The highest BCUT2D eigenvalue weighted by molar-refractivity contribution is 6.00.